The van der Waals surface area contributed by atoms with Crippen LogP contribution in [-0.4, -0.2) is 48.9 Å². The number of carbonyl (C=O) groups excluding carboxylic acids is 2. The molecular formula is C18H33N3O2. The maximum Gasteiger partial charge on any atom is 0.237 e. The molecule has 0 aromatic heterocycles. The first kappa shape index (κ1) is 18.2. The predicted molar refractivity (Wildman–Crippen MR) is 92.0 cm³/mol. The molecule has 2 aliphatic heterocycles. The molecule has 2 heterocycles. The molecule has 5 heteroatoms. The van der Waals surface area contributed by atoms with Gasteiger partial charge in [0.05, 0.1) is 6.04 Å². The van der Waals surface area contributed by atoms with E-state index in [0.29, 0.717) is 12.5 Å². The summed E-state index contributed by atoms with van der Waals surface area (Å²) in [6, 6.07) is -0.0164. The molecule has 2 aliphatic rings. The first-order valence-electron chi connectivity index (χ1n) is 9.09. The van der Waals surface area contributed by atoms with E-state index in [4.69, 9.17) is 0 Å². The number of rotatable bonds is 4. The highest BCUT2D eigenvalue weighted by molar-refractivity contribution is 5.82. The topological polar surface area (TPSA) is 61.4 Å². The summed E-state index contributed by atoms with van der Waals surface area (Å²) in [6.07, 6.45) is 4.13. The van der Waals surface area contributed by atoms with Gasteiger partial charge in [0.2, 0.25) is 11.8 Å². The molecule has 0 aromatic rings. The number of nitrogens with zero attached hydrogens (tertiary/aromatic N) is 1. The second kappa shape index (κ2) is 7.65. The Bertz CT molecular complexity index is 424. The van der Waals surface area contributed by atoms with E-state index in [1.54, 1.807) is 0 Å². The maximum atomic E-state index is 12.7. The van der Waals surface area contributed by atoms with Gasteiger partial charge in [0, 0.05) is 25.6 Å². The van der Waals surface area contributed by atoms with E-state index < -0.39 is 0 Å². The molecular weight excluding hydrogens is 290 g/mol. The monoisotopic (exact) mass is 323 g/mol. The van der Waals surface area contributed by atoms with Crippen LogP contribution in [0, 0.1) is 17.3 Å². The van der Waals surface area contributed by atoms with E-state index in [9.17, 15) is 9.59 Å². The number of hydrogen-bond donors (Lipinski definition) is 2. The normalized spacial score (nSPS) is 26.9. The average molecular weight is 323 g/mol. The van der Waals surface area contributed by atoms with Gasteiger partial charge in [-0.05, 0) is 43.6 Å². The van der Waals surface area contributed by atoms with E-state index in [-0.39, 0.29) is 29.2 Å². The van der Waals surface area contributed by atoms with Crippen LogP contribution in [0.2, 0.25) is 0 Å². The van der Waals surface area contributed by atoms with Crippen LogP contribution in [0.4, 0.5) is 0 Å². The fourth-order valence-corrected chi connectivity index (χ4v) is 3.35. The smallest absolute Gasteiger partial charge is 0.237 e. The third-order valence-electron chi connectivity index (χ3n) is 5.44. The molecule has 2 N–H and O–H groups in total. The minimum absolute atomic E-state index is 0.00755. The zero-order valence-corrected chi connectivity index (χ0v) is 15.2. The molecule has 3 atom stereocenters. The molecule has 132 valence electrons. The van der Waals surface area contributed by atoms with Gasteiger partial charge in [-0.1, -0.05) is 27.7 Å². The quantitative estimate of drug-likeness (QED) is 0.829. The summed E-state index contributed by atoms with van der Waals surface area (Å²) in [5.41, 5.74) is -0.00755. The number of likely N-dealkylation sites (tertiary alicyclic amines) is 1. The van der Waals surface area contributed by atoms with Gasteiger partial charge < -0.3 is 15.5 Å². The third-order valence-corrected chi connectivity index (χ3v) is 5.44. The minimum atomic E-state index is -0.0164. The van der Waals surface area contributed by atoms with E-state index >= 15 is 0 Å². The molecule has 2 fully saturated rings. The van der Waals surface area contributed by atoms with Gasteiger partial charge in [0.25, 0.3) is 0 Å². The summed E-state index contributed by atoms with van der Waals surface area (Å²) < 4.78 is 0. The Balaban J connectivity index is 1.81. The van der Waals surface area contributed by atoms with Gasteiger partial charge in [-0.25, -0.2) is 0 Å². The van der Waals surface area contributed by atoms with Crippen LogP contribution >= 0.6 is 0 Å². The molecule has 2 rings (SSSR count). The van der Waals surface area contributed by atoms with Crippen molar-refractivity contribution in [2.75, 3.05) is 26.2 Å². The Morgan fingerprint density at radius 1 is 1.26 bits per heavy atom. The number of carbonyl (C=O) groups is 2. The highest BCUT2D eigenvalue weighted by Crippen LogP contribution is 2.28. The first-order valence-corrected chi connectivity index (χ1v) is 9.09. The summed E-state index contributed by atoms with van der Waals surface area (Å²) in [5, 5.41) is 6.30. The van der Waals surface area contributed by atoms with Crippen LogP contribution in [0.3, 0.4) is 0 Å². The highest BCUT2D eigenvalue weighted by atomic mass is 16.2. The van der Waals surface area contributed by atoms with Crippen molar-refractivity contribution in [3.05, 3.63) is 0 Å². The number of amides is 2. The largest absolute Gasteiger partial charge is 0.354 e. The van der Waals surface area contributed by atoms with E-state index in [2.05, 4.69) is 31.4 Å². The van der Waals surface area contributed by atoms with Gasteiger partial charge >= 0.3 is 0 Å². The summed E-state index contributed by atoms with van der Waals surface area (Å²) in [4.78, 5) is 26.8. The second-order valence-electron chi connectivity index (χ2n) is 8.27. The molecule has 0 spiro atoms. The van der Waals surface area contributed by atoms with Crippen LogP contribution in [0.25, 0.3) is 0 Å². The molecule has 0 aliphatic carbocycles. The molecule has 0 saturated carbocycles. The van der Waals surface area contributed by atoms with Crippen molar-refractivity contribution in [3.63, 3.8) is 0 Å². The van der Waals surface area contributed by atoms with Crippen molar-refractivity contribution < 1.29 is 9.59 Å². The van der Waals surface area contributed by atoms with Crippen LogP contribution in [0.15, 0.2) is 0 Å². The molecule has 5 nitrogen and oxygen atoms in total. The van der Waals surface area contributed by atoms with Crippen molar-refractivity contribution in [1.82, 2.24) is 15.5 Å². The fourth-order valence-electron chi connectivity index (χ4n) is 3.35. The van der Waals surface area contributed by atoms with Crippen LogP contribution in [-0.2, 0) is 9.59 Å². The lowest BCUT2D eigenvalue weighted by Gasteiger charge is -2.37. The molecule has 0 radical (unpaired) electrons. The van der Waals surface area contributed by atoms with Gasteiger partial charge in [0.1, 0.15) is 0 Å². The van der Waals surface area contributed by atoms with E-state index in [0.717, 1.165) is 45.3 Å². The van der Waals surface area contributed by atoms with Crippen molar-refractivity contribution in [3.8, 4) is 0 Å². The summed E-state index contributed by atoms with van der Waals surface area (Å²) in [5.74, 6) is 0.781. The van der Waals surface area contributed by atoms with Crippen LogP contribution in [0.1, 0.15) is 53.4 Å². The van der Waals surface area contributed by atoms with Crippen molar-refractivity contribution in [2.24, 2.45) is 17.3 Å². The SMILES string of the molecule is CC(C(=O)N1CCCC(CNC(=O)C2CCCN2)C1)C(C)(C)C. The van der Waals surface area contributed by atoms with Gasteiger partial charge in [-0.15, -0.1) is 0 Å². The van der Waals surface area contributed by atoms with Gasteiger partial charge in [-0.3, -0.25) is 9.59 Å². The lowest BCUT2D eigenvalue weighted by Crippen LogP contribution is -2.48. The Labute approximate surface area is 140 Å². The third kappa shape index (κ3) is 4.93. The number of hydrogen-bond acceptors (Lipinski definition) is 3. The van der Waals surface area contributed by atoms with Crippen molar-refractivity contribution >= 4 is 11.8 Å². The Kier molecular flexibility index (Phi) is 6.06. The average Bonchev–Trinajstić information content (AvgIpc) is 3.05. The van der Waals surface area contributed by atoms with Crippen LogP contribution in [0.5, 0.6) is 0 Å². The van der Waals surface area contributed by atoms with Crippen molar-refractivity contribution in [2.45, 2.75) is 59.4 Å². The Morgan fingerprint density at radius 2 is 2.00 bits per heavy atom. The Hall–Kier alpha value is -1.10. The van der Waals surface area contributed by atoms with Gasteiger partial charge in [0.15, 0.2) is 0 Å². The van der Waals surface area contributed by atoms with Gasteiger partial charge in [-0.2, -0.15) is 0 Å². The minimum Gasteiger partial charge on any atom is -0.354 e. The zero-order valence-electron chi connectivity index (χ0n) is 15.2. The zero-order chi connectivity index (χ0) is 17.0. The summed E-state index contributed by atoms with van der Waals surface area (Å²) in [6.45, 7) is 11.6. The van der Waals surface area contributed by atoms with E-state index in [1.807, 2.05) is 11.8 Å². The Morgan fingerprint density at radius 3 is 2.61 bits per heavy atom. The summed E-state index contributed by atoms with van der Waals surface area (Å²) >= 11 is 0. The molecule has 2 saturated heterocycles. The van der Waals surface area contributed by atoms with E-state index in [1.165, 1.54) is 0 Å². The highest BCUT2D eigenvalue weighted by Gasteiger charge is 2.33. The summed E-state index contributed by atoms with van der Waals surface area (Å²) in [7, 11) is 0. The molecule has 0 bridgehead atoms. The number of piperidine rings is 1. The number of nitrogens with one attached hydrogen (secondary N) is 2. The molecule has 2 amide bonds. The second-order valence-corrected chi connectivity index (χ2v) is 8.27. The standard InChI is InChI=1S/C18H33N3O2/c1-13(18(2,3)4)17(23)21-10-6-7-14(12-21)11-20-16(22)15-8-5-9-19-15/h13-15,19H,5-12H2,1-4H3,(H,20,22). The first-order chi connectivity index (χ1) is 10.8. The molecule has 0 aromatic carbocycles. The molecule has 23 heavy (non-hydrogen) atoms. The fraction of sp³-hybridized carbons (Fsp3) is 0.889. The lowest BCUT2D eigenvalue weighted by atomic mass is 9.80. The predicted octanol–water partition coefficient (Wildman–Crippen LogP) is 1.78. The maximum absolute atomic E-state index is 12.7. The molecule has 3 unspecified atom stereocenters. The van der Waals surface area contributed by atoms with Crippen molar-refractivity contribution in [1.29, 1.82) is 0 Å². The lowest BCUT2D eigenvalue weighted by molar-refractivity contribution is -0.140. The van der Waals surface area contributed by atoms with Crippen LogP contribution < -0.4 is 10.6 Å².